The summed E-state index contributed by atoms with van der Waals surface area (Å²) in [6.45, 7) is 0.940. The molecule has 1 aliphatic rings. The fourth-order valence-corrected chi connectivity index (χ4v) is 3.92. The quantitative estimate of drug-likeness (QED) is 0.566. The number of carbonyl (C=O) groups is 1. The van der Waals surface area contributed by atoms with Crippen LogP contribution in [0.4, 0.5) is 5.69 Å². The minimum absolute atomic E-state index is 0.175. The van der Waals surface area contributed by atoms with Crippen molar-refractivity contribution >= 4 is 22.5 Å². The van der Waals surface area contributed by atoms with Crippen LogP contribution in [0.5, 0.6) is 0 Å². The third kappa shape index (κ3) is 3.38. The van der Waals surface area contributed by atoms with Crippen molar-refractivity contribution in [2.45, 2.75) is 32.2 Å². The molecule has 3 heterocycles. The Morgan fingerprint density at radius 1 is 0.966 bits per heavy atom. The molecule has 0 saturated heterocycles. The number of nitrogens with zero attached hydrogens (tertiary/aromatic N) is 4. The molecule has 0 aliphatic carbocycles. The third-order valence-electron chi connectivity index (χ3n) is 5.37. The fourth-order valence-electron chi connectivity index (χ4n) is 3.92. The number of fused-ring (bicyclic) bond motifs is 2. The van der Waals surface area contributed by atoms with Crippen LogP contribution in [0, 0.1) is 0 Å². The lowest BCUT2D eigenvalue weighted by atomic mass is 10.1. The molecule has 144 valence electrons. The fraction of sp³-hybridized carbons (Fsp3) is 0.217. The molecule has 0 bridgehead atoms. The molecular weight excluding hydrogens is 362 g/mol. The van der Waals surface area contributed by atoms with Crippen LogP contribution in [0.25, 0.3) is 22.3 Å². The molecular formula is C23H21N5O. The smallest absolute Gasteiger partial charge is 0.257 e. The molecule has 29 heavy (non-hydrogen) atoms. The van der Waals surface area contributed by atoms with Gasteiger partial charge in [0.1, 0.15) is 5.82 Å². The number of nitrogens with one attached hydrogen (secondary N) is 1. The van der Waals surface area contributed by atoms with Crippen molar-refractivity contribution in [2.24, 2.45) is 0 Å². The summed E-state index contributed by atoms with van der Waals surface area (Å²) in [5.74, 6) is 1.74. The molecule has 6 heteroatoms. The molecule has 0 radical (unpaired) electrons. The summed E-state index contributed by atoms with van der Waals surface area (Å²) in [5.41, 5.74) is 2.95. The summed E-state index contributed by atoms with van der Waals surface area (Å²) in [6.07, 6.45) is 6.20. The molecule has 0 atom stereocenters. The summed E-state index contributed by atoms with van der Waals surface area (Å²) < 4.78 is 2.21. The molecule has 0 spiro atoms. The number of anilines is 1. The normalized spacial score (nSPS) is 13.7. The first-order valence-electron chi connectivity index (χ1n) is 9.97. The monoisotopic (exact) mass is 383 g/mol. The Labute approximate surface area is 168 Å². The van der Waals surface area contributed by atoms with E-state index in [1.807, 2.05) is 48.5 Å². The van der Waals surface area contributed by atoms with Crippen molar-refractivity contribution < 1.29 is 4.79 Å². The number of amides is 1. The van der Waals surface area contributed by atoms with Crippen molar-refractivity contribution in [1.82, 2.24) is 19.7 Å². The number of aromatic nitrogens is 4. The first kappa shape index (κ1) is 17.6. The van der Waals surface area contributed by atoms with Crippen LogP contribution in [-0.2, 0) is 13.0 Å². The van der Waals surface area contributed by atoms with Gasteiger partial charge in [0.2, 0.25) is 0 Å². The van der Waals surface area contributed by atoms with Crippen LogP contribution >= 0.6 is 0 Å². The van der Waals surface area contributed by atoms with E-state index in [4.69, 9.17) is 0 Å². The lowest BCUT2D eigenvalue weighted by Crippen LogP contribution is -2.13. The van der Waals surface area contributed by atoms with Crippen LogP contribution < -0.4 is 5.32 Å². The van der Waals surface area contributed by atoms with Gasteiger partial charge in [-0.1, -0.05) is 36.8 Å². The number of pyridine rings is 1. The number of rotatable bonds is 3. The number of aryl methyl sites for hydroxylation is 1. The maximum absolute atomic E-state index is 12.9. The molecule has 2 aromatic carbocycles. The number of benzene rings is 2. The predicted octanol–water partition coefficient (Wildman–Crippen LogP) is 4.47. The molecule has 0 fully saturated rings. The van der Waals surface area contributed by atoms with Gasteiger partial charge in [0, 0.05) is 35.8 Å². The van der Waals surface area contributed by atoms with Crippen LogP contribution in [-0.4, -0.2) is 25.7 Å². The molecule has 1 N–H and O–H groups in total. The Morgan fingerprint density at radius 3 is 2.83 bits per heavy atom. The van der Waals surface area contributed by atoms with Crippen LogP contribution in [0.2, 0.25) is 0 Å². The molecule has 4 aromatic rings. The lowest BCUT2D eigenvalue weighted by Gasteiger charge is -2.10. The highest BCUT2D eigenvalue weighted by Gasteiger charge is 2.17. The van der Waals surface area contributed by atoms with Gasteiger partial charge in [0.25, 0.3) is 5.91 Å². The van der Waals surface area contributed by atoms with Crippen molar-refractivity contribution in [3.63, 3.8) is 0 Å². The average molecular weight is 383 g/mol. The predicted molar refractivity (Wildman–Crippen MR) is 113 cm³/mol. The second kappa shape index (κ2) is 7.47. The van der Waals surface area contributed by atoms with E-state index in [1.54, 1.807) is 12.3 Å². The Balaban J connectivity index is 1.45. The summed E-state index contributed by atoms with van der Waals surface area (Å²) in [6, 6.07) is 17.2. The Hall–Kier alpha value is -3.54. The SMILES string of the molecule is O=C(Nc1cccc(-c2nnc3n2CCCCC3)c1)c1cccc2cccnc12. The van der Waals surface area contributed by atoms with E-state index in [0.717, 1.165) is 54.1 Å². The summed E-state index contributed by atoms with van der Waals surface area (Å²) in [7, 11) is 0. The Kier molecular flexibility index (Phi) is 4.52. The minimum atomic E-state index is -0.175. The van der Waals surface area contributed by atoms with Crippen LogP contribution in [0.1, 0.15) is 35.4 Å². The van der Waals surface area contributed by atoms with Crippen molar-refractivity contribution in [3.05, 3.63) is 72.2 Å². The first-order chi connectivity index (χ1) is 14.3. The van der Waals surface area contributed by atoms with E-state index in [-0.39, 0.29) is 5.91 Å². The van der Waals surface area contributed by atoms with E-state index in [9.17, 15) is 4.79 Å². The van der Waals surface area contributed by atoms with E-state index in [1.165, 1.54) is 6.42 Å². The van der Waals surface area contributed by atoms with Gasteiger partial charge in [-0.05, 0) is 37.1 Å². The van der Waals surface area contributed by atoms with Gasteiger partial charge in [-0.3, -0.25) is 9.78 Å². The van der Waals surface area contributed by atoms with E-state index in [2.05, 4.69) is 25.1 Å². The maximum atomic E-state index is 12.9. The minimum Gasteiger partial charge on any atom is -0.322 e. The maximum Gasteiger partial charge on any atom is 0.257 e. The van der Waals surface area contributed by atoms with Crippen molar-refractivity contribution in [3.8, 4) is 11.4 Å². The Bertz CT molecular complexity index is 1190. The number of carbonyl (C=O) groups excluding carboxylic acids is 1. The third-order valence-corrected chi connectivity index (χ3v) is 5.37. The topological polar surface area (TPSA) is 72.7 Å². The van der Waals surface area contributed by atoms with E-state index >= 15 is 0 Å². The van der Waals surface area contributed by atoms with E-state index < -0.39 is 0 Å². The van der Waals surface area contributed by atoms with Crippen molar-refractivity contribution in [1.29, 1.82) is 0 Å². The molecule has 6 nitrogen and oxygen atoms in total. The average Bonchev–Trinajstić information content (AvgIpc) is 3.02. The highest BCUT2D eigenvalue weighted by atomic mass is 16.1. The molecule has 2 aromatic heterocycles. The van der Waals surface area contributed by atoms with Gasteiger partial charge in [0.15, 0.2) is 5.82 Å². The summed E-state index contributed by atoms with van der Waals surface area (Å²) >= 11 is 0. The molecule has 5 rings (SSSR count). The Morgan fingerprint density at radius 2 is 1.86 bits per heavy atom. The van der Waals surface area contributed by atoms with Gasteiger partial charge in [-0.25, -0.2) is 0 Å². The number of hydrogen-bond acceptors (Lipinski definition) is 4. The molecule has 1 aliphatic heterocycles. The van der Waals surface area contributed by atoms with Crippen molar-refractivity contribution in [2.75, 3.05) is 5.32 Å². The second-order valence-corrected chi connectivity index (χ2v) is 7.32. The zero-order valence-electron chi connectivity index (χ0n) is 16.0. The first-order valence-corrected chi connectivity index (χ1v) is 9.97. The van der Waals surface area contributed by atoms with Gasteiger partial charge in [0.05, 0.1) is 11.1 Å². The van der Waals surface area contributed by atoms with Crippen LogP contribution in [0.15, 0.2) is 60.8 Å². The summed E-state index contributed by atoms with van der Waals surface area (Å²) in [5, 5.41) is 12.8. The van der Waals surface area contributed by atoms with Gasteiger partial charge < -0.3 is 9.88 Å². The van der Waals surface area contributed by atoms with Gasteiger partial charge in [-0.2, -0.15) is 0 Å². The lowest BCUT2D eigenvalue weighted by molar-refractivity contribution is 0.102. The molecule has 0 unspecified atom stereocenters. The molecule has 1 amide bonds. The highest BCUT2D eigenvalue weighted by Crippen LogP contribution is 2.25. The summed E-state index contributed by atoms with van der Waals surface area (Å²) in [4.78, 5) is 17.3. The van der Waals surface area contributed by atoms with Crippen LogP contribution in [0.3, 0.4) is 0 Å². The largest absolute Gasteiger partial charge is 0.322 e. The number of hydrogen-bond donors (Lipinski definition) is 1. The van der Waals surface area contributed by atoms with Gasteiger partial charge >= 0.3 is 0 Å². The number of para-hydroxylation sites is 1. The van der Waals surface area contributed by atoms with E-state index in [0.29, 0.717) is 11.1 Å². The zero-order valence-corrected chi connectivity index (χ0v) is 16.0. The zero-order chi connectivity index (χ0) is 19.6. The second-order valence-electron chi connectivity index (χ2n) is 7.32. The standard InChI is InChI=1S/C23H21N5O/c29-23(19-11-5-7-16-9-6-13-24-21(16)19)25-18-10-4-8-17(15-18)22-27-26-20-12-2-1-3-14-28(20)22/h4-11,13,15H,1-3,12,14H2,(H,25,29). The van der Waals surface area contributed by atoms with Gasteiger partial charge in [-0.15, -0.1) is 10.2 Å². The highest BCUT2D eigenvalue weighted by molar-refractivity contribution is 6.11. The molecule has 0 saturated carbocycles.